The van der Waals surface area contributed by atoms with Gasteiger partial charge in [-0.3, -0.25) is 0 Å². The molecule has 1 aliphatic carbocycles. The Morgan fingerprint density at radius 3 is 2.62 bits per heavy atom. The lowest BCUT2D eigenvalue weighted by molar-refractivity contribution is -0.0534. The van der Waals surface area contributed by atoms with E-state index in [1.54, 1.807) is 0 Å². The fourth-order valence-electron chi connectivity index (χ4n) is 2.54. The van der Waals surface area contributed by atoms with Crippen molar-refractivity contribution in [3.8, 4) is 0 Å². The van der Waals surface area contributed by atoms with Gasteiger partial charge in [-0.2, -0.15) is 0 Å². The molecule has 0 radical (unpaired) electrons. The maximum absolute atomic E-state index is 13.2. The summed E-state index contributed by atoms with van der Waals surface area (Å²) in [4.78, 5) is 0. The van der Waals surface area contributed by atoms with Gasteiger partial charge in [0.2, 0.25) is 5.92 Å². The zero-order valence-corrected chi connectivity index (χ0v) is 9.46. The number of alkyl halides is 2. The highest BCUT2D eigenvalue weighted by Gasteiger charge is 2.35. The highest BCUT2D eigenvalue weighted by Crippen LogP contribution is 2.38. The number of rotatable bonds is 3. The van der Waals surface area contributed by atoms with Crippen LogP contribution in [0.2, 0.25) is 0 Å². The Morgan fingerprint density at radius 1 is 1.19 bits per heavy atom. The lowest BCUT2D eigenvalue weighted by atomic mass is 9.83. The molecule has 0 amide bonds. The van der Waals surface area contributed by atoms with Crippen LogP contribution in [0.5, 0.6) is 0 Å². The maximum Gasteiger partial charge on any atom is 0.248 e. The van der Waals surface area contributed by atoms with Crippen molar-refractivity contribution in [3.63, 3.8) is 0 Å². The number of hydrogen-bond donors (Lipinski definition) is 0. The minimum Gasteiger partial charge on any atom is -0.207 e. The van der Waals surface area contributed by atoms with E-state index in [9.17, 15) is 8.78 Å². The molecule has 0 bridgehead atoms. The molecule has 88 valence electrons. The molecule has 0 spiro atoms. The summed E-state index contributed by atoms with van der Waals surface area (Å²) in [5.41, 5.74) is 1.26. The van der Waals surface area contributed by atoms with Crippen molar-refractivity contribution in [2.45, 2.75) is 44.4 Å². The van der Waals surface area contributed by atoms with E-state index < -0.39 is 5.92 Å². The Hall–Kier alpha value is -0.920. The topological polar surface area (TPSA) is 0 Å². The molecule has 16 heavy (non-hydrogen) atoms. The highest BCUT2D eigenvalue weighted by molar-refractivity contribution is 5.14. The van der Waals surface area contributed by atoms with Crippen LogP contribution in [0.25, 0.3) is 0 Å². The smallest absolute Gasteiger partial charge is 0.207 e. The van der Waals surface area contributed by atoms with Crippen LogP contribution < -0.4 is 0 Å². The SMILES string of the molecule is FC1(F)CCC[C@H](CCc2ccccc2)C1. The predicted molar refractivity (Wildman–Crippen MR) is 61.7 cm³/mol. The summed E-state index contributed by atoms with van der Waals surface area (Å²) in [6, 6.07) is 10.1. The van der Waals surface area contributed by atoms with Crippen LogP contribution in [-0.4, -0.2) is 5.92 Å². The fourth-order valence-corrected chi connectivity index (χ4v) is 2.54. The molecular weight excluding hydrogens is 206 g/mol. The molecule has 1 fully saturated rings. The highest BCUT2D eigenvalue weighted by atomic mass is 19.3. The normalized spacial score (nSPS) is 24.2. The Kier molecular flexibility index (Phi) is 3.57. The van der Waals surface area contributed by atoms with Gasteiger partial charge in [0.15, 0.2) is 0 Å². The predicted octanol–water partition coefficient (Wildman–Crippen LogP) is 4.44. The lowest BCUT2D eigenvalue weighted by Gasteiger charge is -2.28. The van der Waals surface area contributed by atoms with Crippen molar-refractivity contribution in [1.82, 2.24) is 0 Å². The molecule has 1 saturated carbocycles. The van der Waals surface area contributed by atoms with E-state index in [4.69, 9.17) is 0 Å². The van der Waals surface area contributed by atoms with E-state index in [-0.39, 0.29) is 18.8 Å². The first-order chi connectivity index (χ1) is 7.66. The molecule has 0 aromatic heterocycles. The first-order valence-corrected chi connectivity index (χ1v) is 6.07. The van der Waals surface area contributed by atoms with Crippen molar-refractivity contribution in [2.24, 2.45) is 5.92 Å². The Balaban J connectivity index is 1.82. The fraction of sp³-hybridized carbons (Fsp3) is 0.571. The summed E-state index contributed by atoms with van der Waals surface area (Å²) in [6.45, 7) is 0. The van der Waals surface area contributed by atoms with Gasteiger partial charge in [-0.15, -0.1) is 0 Å². The van der Waals surface area contributed by atoms with Crippen molar-refractivity contribution >= 4 is 0 Å². The van der Waals surface area contributed by atoms with Gasteiger partial charge in [-0.1, -0.05) is 36.8 Å². The van der Waals surface area contributed by atoms with E-state index in [0.717, 1.165) is 19.3 Å². The molecule has 2 rings (SSSR count). The van der Waals surface area contributed by atoms with Crippen LogP contribution >= 0.6 is 0 Å². The van der Waals surface area contributed by atoms with Gasteiger partial charge in [0.25, 0.3) is 0 Å². The summed E-state index contributed by atoms with van der Waals surface area (Å²) in [5, 5.41) is 0. The maximum atomic E-state index is 13.2. The van der Waals surface area contributed by atoms with E-state index in [1.165, 1.54) is 5.56 Å². The molecule has 0 unspecified atom stereocenters. The number of halogens is 2. The lowest BCUT2D eigenvalue weighted by Crippen LogP contribution is -2.26. The Bertz CT molecular complexity index is 319. The molecule has 0 N–H and O–H groups in total. The molecule has 1 aliphatic rings. The second-order valence-corrected chi connectivity index (χ2v) is 4.84. The molecule has 1 aromatic rings. The van der Waals surface area contributed by atoms with Crippen LogP contribution in [-0.2, 0) is 6.42 Å². The number of benzene rings is 1. The average Bonchev–Trinajstić information content (AvgIpc) is 2.27. The molecule has 0 nitrogen and oxygen atoms in total. The summed E-state index contributed by atoms with van der Waals surface area (Å²) in [5.74, 6) is -2.19. The van der Waals surface area contributed by atoms with Crippen LogP contribution in [0, 0.1) is 5.92 Å². The molecule has 0 heterocycles. The zero-order chi connectivity index (χ0) is 11.4. The number of aryl methyl sites for hydroxylation is 1. The first-order valence-electron chi connectivity index (χ1n) is 6.07. The van der Waals surface area contributed by atoms with Crippen molar-refractivity contribution in [3.05, 3.63) is 35.9 Å². The third-order valence-corrected chi connectivity index (χ3v) is 3.43. The molecule has 1 atom stereocenters. The van der Waals surface area contributed by atoms with Crippen molar-refractivity contribution in [1.29, 1.82) is 0 Å². The summed E-state index contributed by atoms with van der Waals surface area (Å²) in [6.07, 6.45) is 3.69. The van der Waals surface area contributed by atoms with Crippen LogP contribution in [0.1, 0.15) is 37.7 Å². The molecule has 2 heteroatoms. The van der Waals surface area contributed by atoms with Gasteiger partial charge in [0.1, 0.15) is 0 Å². The molecular formula is C14H18F2. The van der Waals surface area contributed by atoms with Crippen LogP contribution in [0.3, 0.4) is 0 Å². The van der Waals surface area contributed by atoms with E-state index >= 15 is 0 Å². The standard InChI is InChI=1S/C14H18F2/c15-14(16)10-4-7-13(11-14)9-8-12-5-2-1-3-6-12/h1-3,5-6,13H,4,7-11H2/t13-/m1/s1. The van der Waals surface area contributed by atoms with Gasteiger partial charge in [0, 0.05) is 12.8 Å². The zero-order valence-electron chi connectivity index (χ0n) is 9.46. The quantitative estimate of drug-likeness (QED) is 0.711. The van der Waals surface area contributed by atoms with Gasteiger partial charge in [-0.05, 0) is 30.7 Å². The van der Waals surface area contributed by atoms with Crippen molar-refractivity contribution in [2.75, 3.05) is 0 Å². The van der Waals surface area contributed by atoms with Crippen LogP contribution in [0.15, 0.2) is 30.3 Å². The molecule has 1 aromatic carbocycles. The van der Waals surface area contributed by atoms with Crippen molar-refractivity contribution < 1.29 is 8.78 Å². The summed E-state index contributed by atoms with van der Waals surface area (Å²) in [7, 11) is 0. The largest absolute Gasteiger partial charge is 0.248 e. The van der Waals surface area contributed by atoms with Gasteiger partial charge < -0.3 is 0 Å². The Labute approximate surface area is 95.7 Å². The number of hydrogen-bond acceptors (Lipinski definition) is 0. The van der Waals surface area contributed by atoms with Gasteiger partial charge in [0.05, 0.1) is 0 Å². The Morgan fingerprint density at radius 2 is 1.94 bits per heavy atom. The monoisotopic (exact) mass is 224 g/mol. The average molecular weight is 224 g/mol. The third kappa shape index (κ3) is 3.29. The minimum absolute atomic E-state index is 0.0921. The van der Waals surface area contributed by atoms with E-state index in [0.29, 0.717) is 6.42 Å². The minimum atomic E-state index is -2.40. The molecule has 0 aliphatic heterocycles. The second-order valence-electron chi connectivity index (χ2n) is 4.84. The molecule has 0 saturated heterocycles. The van der Waals surface area contributed by atoms with Gasteiger partial charge in [-0.25, -0.2) is 8.78 Å². The van der Waals surface area contributed by atoms with E-state index in [1.807, 2.05) is 18.2 Å². The second kappa shape index (κ2) is 4.94. The van der Waals surface area contributed by atoms with Gasteiger partial charge >= 0.3 is 0 Å². The first kappa shape index (κ1) is 11.6. The van der Waals surface area contributed by atoms with Crippen LogP contribution in [0.4, 0.5) is 8.78 Å². The summed E-state index contributed by atoms with van der Waals surface area (Å²) >= 11 is 0. The summed E-state index contributed by atoms with van der Waals surface area (Å²) < 4.78 is 26.4. The van der Waals surface area contributed by atoms with E-state index in [2.05, 4.69) is 12.1 Å². The third-order valence-electron chi connectivity index (χ3n) is 3.43.